The van der Waals surface area contributed by atoms with Gasteiger partial charge in [-0.1, -0.05) is 32.0 Å². The number of aromatic nitrogens is 1. The number of amides is 1. The first kappa shape index (κ1) is 18.6. The molecule has 1 aliphatic rings. The van der Waals surface area contributed by atoms with Gasteiger partial charge in [-0.2, -0.15) is 0 Å². The Bertz CT molecular complexity index is 831. The van der Waals surface area contributed by atoms with Crippen LogP contribution in [0.1, 0.15) is 54.5 Å². The van der Waals surface area contributed by atoms with Crippen LogP contribution in [0, 0.1) is 5.41 Å². The lowest BCUT2D eigenvalue weighted by molar-refractivity contribution is -0.130. The lowest BCUT2D eigenvalue weighted by Gasteiger charge is -2.45. The molecule has 1 aromatic carbocycles. The summed E-state index contributed by atoms with van der Waals surface area (Å²) in [5, 5.41) is 14.6. The van der Waals surface area contributed by atoms with Crippen molar-refractivity contribution in [3.05, 3.63) is 35.5 Å². The third kappa shape index (κ3) is 3.27. The minimum absolute atomic E-state index is 0.186. The lowest BCUT2D eigenvalue weighted by atomic mass is 9.70. The van der Waals surface area contributed by atoms with Gasteiger partial charge in [0.05, 0.1) is 16.9 Å². The molecule has 3 rings (SSSR count). The highest BCUT2D eigenvalue weighted by atomic mass is 16.5. The summed E-state index contributed by atoms with van der Waals surface area (Å²) in [5.41, 5.74) is 0.0243. The molecule has 6 heteroatoms. The molecule has 3 N–H and O–H groups in total. The molecule has 0 aliphatic carbocycles. The summed E-state index contributed by atoms with van der Waals surface area (Å²) >= 11 is 0. The summed E-state index contributed by atoms with van der Waals surface area (Å²) in [6.07, 6.45) is 1.09. The Labute approximate surface area is 152 Å². The number of benzene rings is 1. The molecule has 0 spiro atoms. The van der Waals surface area contributed by atoms with Gasteiger partial charge in [0.1, 0.15) is 0 Å². The Balaban J connectivity index is 1.83. The number of aliphatic hydroxyl groups is 1. The molecule has 1 fully saturated rings. The summed E-state index contributed by atoms with van der Waals surface area (Å²) < 4.78 is 5.35. The van der Waals surface area contributed by atoms with Gasteiger partial charge in [-0.15, -0.1) is 0 Å². The van der Waals surface area contributed by atoms with Crippen LogP contribution in [0.3, 0.4) is 0 Å². The second-order valence-corrected chi connectivity index (χ2v) is 7.69. The zero-order valence-electron chi connectivity index (χ0n) is 15.5. The number of carbonyl (C=O) groups is 2. The fourth-order valence-electron chi connectivity index (χ4n) is 3.58. The quantitative estimate of drug-likeness (QED) is 0.717. The molecule has 0 unspecified atom stereocenters. The highest BCUT2D eigenvalue weighted by molar-refractivity contribution is 6.15. The number of H-pyrrole nitrogens is 1. The molecule has 0 atom stereocenters. The summed E-state index contributed by atoms with van der Waals surface area (Å²) in [5.74, 6) is -0.495. The topological polar surface area (TPSA) is 91.4 Å². The Hall–Kier alpha value is -2.18. The molecule has 2 heterocycles. The van der Waals surface area contributed by atoms with Gasteiger partial charge in [-0.25, -0.2) is 0 Å². The zero-order chi connectivity index (χ0) is 18.9. The van der Waals surface area contributed by atoms with E-state index in [4.69, 9.17) is 4.74 Å². The van der Waals surface area contributed by atoms with Gasteiger partial charge in [0.2, 0.25) is 0 Å². The number of carbonyl (C=O) groups excluding carboxylic acids is 2. The zero-order valence-corrected chi connectivity index (χ0v) is 15.5. The van der Waals surface area contributed by atoms with Gasteiger partial charge in [0.15, 0.2) is 5.78 Å². The monoisotopic (exact) mass is 358 g/mol. The van der Waals surface area contributed by atoms with Crippen LogP contribution in [0.5, 0.6) is 0 Å². The van der Waals surface area contributed by atoms with Gasteiger partial charge in [-0.3, -0.25) is 9.59 Å². The van der Waals surface area contributed by atoms with Crippen LogP contribution in [0.4, 0.5) is 0 Å². The second-order valence-electron chi connectivity index (χ2n) is 7.69. The van der Waals surface area contributed by atoms with Crippen molar-refractivity contribution >= 4 is 22.6 Å². The highest BCUT2D eigenvalue weighted by Crippen LogP contribution is 2.38. The van der Waals surface area contributed by atoms with E-state index in [1.54, 1.807) is 0 Å². The first-order valence-corrected chi connectivity index (χ1v) is 8.95. The van der Waals surface area contributed by atoms with Crippen molar-refractivity contribution in [1.82, 2.24) is 10.3 Å². The second kappa shape index (κ2) is 6.85. The van der Waals surface area contributed by atoms with Crippen LogP contribution in [-0.4, -0.2) is 47.1 Å². The average Bonchev–Trinajstić information content (AvgIpc) is 3.00. The number of ketones is 1. The maximum atomic E-state index is 12.9. The van der Waals surface area contributed by atoms with Gasteiger partial charge >= 0.3 is 0 Å². The smallest absolute Gasteiger partial charge is 0.254 e. The van der Waals surface area contributed by atoms with Crippen LogP contribution >= 0.6 is 0 Å². The normalized spacial score (nSPS) is 17.2. The van der Waals surface area contributed by atoms with Crippen LogP contribution in [0.2, 0.25) is 0 Å². The van der Waals surface area contributed by atoms with E-state index in [-0.39, 0.29) is 11.7 Å². The molecular formula is C20H26N2O4. The Morgan fingerprint density at radius 3 is 2.58 bits per heavy atom. The van der Waals surface area contributed by atoms with Crippen LogP contribution in [0.15, 0.2) is 24.3 Å². The van der Waals surface area contributed by atoms with Crippen molar-refractivity contribution in [2.45, 2.75) is 39.2 Å². The van der Waals surface area contributed by atoms with Crippen molar-refractivity contribution in [1.29, 1.82) is 0 Å². The fourth-order valence-corrected chi connectivity index (χ4v) is 3.58. The van der Waals surface area contributed by atoms with Gasteiger partial charge in [-0.05, 0) is 6.07 Å². The number of Topliss-reactive ketones (excluding diaryl/α,β-unsaturated/α-hetero) is 1. The number of nitrogens with one attached hydrogen (secondary N) is 2. The van der Waals surface area contributed by atoms with Crippen LogP contribution < -0.4 is 5.32 Å². The maximum Gasteiger partial charge on any atom is 0.254 e. The Morgan fingerprint density at radius 2 is 1.92 bits per heavy atom. The van der Waals surface area contributed by atoms with Gasteiger partial charge < -0.3 is 20.1 Å². The third-order valence-corrected chi connectivity index (χ3v) is 5.56. The van der Waals surface area contributed by atoms with E-state index >= 15 is 0 Å². The molecule has 1 aromatic heterocycles. The summed E-state index contributed by atoms with van der Waals surface area (Å²) in [7, 11) is 0. The first-order valence-electron chi connectivity index (χ1n) is 8.95. The van der Waals surface area contributed by atoms with Crippen LogP contribution in [-0.2, 0) is 4.74 Å². The lowest BCUT2D eigenvalue weighted by Crippen LogP contribution is -2.53. The van der Waals surface area contributed by atoms with E-state index in [9.17, 15) is 14.7 Å². The molecule has 140 valence electrons. The van der Waals surface area contributed by atoms with E-state index in [0.29, 0.717) is 43.9 Å². The summed E-state index contributed by atoms with van der Waals surface area (Å²) in [4.78, 5) is 27.9. The molecule has 26 heavy (non-hydrogen) atoms. The predicted octanol–water partition coefficient (Wildman–Crippen LogP) is 2.67. The average molecular weight is 358 g/mol. The molecule has 1 aliphatic heterocycles. The van der Waals surface area contributed by atoms with Crippen molar-refractivity contribution in [2.24, 2.45) is 5.41 Å². The molecule has 0 radical (unpaired) electrons. The molecule has 6 nitrogen and oxygen atoms in total. The van der Waals surface area contributed by atoms with Crippen molar-refractivity contribution in [3.8, 4) is 0 Å². The predicted molar refractivity (Wildman–Crippen MR) is 99.4 cm³/mol. The van der Waals surface area contributed by atoms with Crippen molar-refractivity contribution in [3.63, 3.8) is 0 Å². The third-order valence-electron chi connectivity index (χ3n) is 5.56. The minimum atomic E-state index is -0.887. The molecule has 2 aromatic rings. The number of para-hydroxylation sites is 1. The summed E-state index contributed by atoms with van der Waals surface area (Å²) in [6.45, 7) is 6.67. The number of hydrogen-bond acceptors (Lipinski definition) is 4. The Kier molecular flexibility index (Phi) is 4.90. The summed E-state index contributed by atoms with van der Waals surface area (Å²) in [6, 6.07) is 7.36. The van der Waals surface area contributed by atoms with Crippen molar-refractivity contribution < 1.29 is 19.4 Å². The van der Waals surface area contributed by atoms with Crippen LogP contribution in [0.25, 0.3) is 10.9 Å². The largest absolute Gasteiger partial charge is 0.389 e. The molecular weight excluding hydrogens is 332 g/mol. The van der Waals surface area contributed by atoms with Gasteiger partial charge in [0.25, 0.3) is 5.91 Å². The van der Waals surface area contributed by atoms with Crippen molar-refractivity contribution in [2.75, 3.05) is 19.8 Å². The minimum Gasteiger partial charge on any atom is -0.389 e. The Morgan fingerprint density at radius 1 is 1.27 bits per heavy atom. The fraction of sp³-hybridized carbons (Fsp3) is 0.500. The van der Waals surface area contributed by atoms with E-state index in [1.165, 1.54) is 6.92 Å². The molecule has 1 amide bonds. The highest BCUT2D eigenvalue weighted by Gasteiger charge is 2.44. The number of fused-ring (bicyclic) bond motifs is 1. The van der Waals surface area contributed by atoms with E-state index in [2.05, 4.69) is 10.3 Å². The number of aromatic amines is 1. The van der Waals surface area contributed by atoms with E-state index < -0.39 is 11.0 Å². The number of hydrogen-bond donors (Lipinski definition) is 3. The number of ether oxygens (including phenoxy) is 1. The first-order chi connectivity index (χ1) is 12.3. The standard InChI is InChI=1S/C20H26N2O4/c1-13(23)17-16(14-6-4-5-7-15(14)22-17)18(24)21-12-19(2,3)20(25)8-10-26-11-9-20/h4-7,22,25H,8-12H2,1-3H3,(H,21,24). The van der Waals surface area contributed by atoms with E-state index in [0.717, 1.165) is 10.9 Å². The molecule has 0 saturated carbocycles. The molecule has 0 bridgehead atoms. The van der Waals surface area contributed by atoms with E-state index in [1.807, 2.05) is 38.1 Å². The molecule has 1 saturated heterocycles. The number of rotatable bonds is 5. The SMILES string of the molecule is CC(=O)c1[nH]c2ccccc2c1C(=O)NCC(C)(C)C1(O)CCOCC1. The van der Waals surface area contributed by atoms with Gasteiger partial charge in [0, 0.05) is 55.8 Å². The maximum absolute atomic E-state index is 12.9.